The van der Waals surface area contributed by atoms with Gasteiger partial charge in [-0.15, -0.1) is 0 Å². The summed E-state index contributed by atoms with van der Waals surface area (Å²) < 4.78 is 0. The third-order valence-electron chi connectivity index (χ3n) is 4.31. The Kier molecular flexibility index (Phi) is 5.90. The lowest BCUT2D eigenvalue weighted by atomic mass is 9.99. The first-order valence-corrected chi connectivity index (χ1v) is 8.30. The van der Waals surface area contributed by atoms with Crippen molar-refractivity contribution in [3.63, 3.8) is 0 Å². The van der Waals surface area contributed by atoms with Gasteiger partial charge in [0.1, 0.15) is 6.54 Å². The van der Waals surface area contributed by atoms with Crippen LogP contribution in [0.25, 0.3) is 0 Å². The highest BCUT2D eigenvalue weighted by Crippen LogP contribution is 2.21. The van der Waals surface area contributed by atoms with Crippen molar-refractivity contribution in [1.82, 2.24) is 10.2 Å². The Bertz CT molecular complexity index is 563. The highest BCUT2D eigenvalue weighted by atomic mass is 16.2. The summed E-state index contributed by atoms with van der Waals surface area (Å²) in [5.74, 6) is -0.618. The Morgan fingerprint density at radius 3 is 2.26 bits per heavy atom. The molecule has 1 N–H and O–H groups in total. The smallest absolute Gasteiger partial charge is 0.262 e. The lowest BCUT2D eigenvalue weighted by Gasteiger charge is -2.17. The first kappa shape index (κ1) is 17.2. The minimum Gasteiger partial charge on any atom is -0.354 e. The minimum atomic E-state index is -0.390. The fourth-order valence-corrected chi connectivity index (χ4v) is 2.78. The number of carbonyl (C=O) groups is 3. The van der Waals surface area contributed by atoms with Gasteiger partial charge in [-0.25, -0.2) is 0 Å². The number of nitrogens with zero attached hydrogens (tertiary/aromatic N) is 1. The molecule has 3 amide bonds. The summed E-state index contributed by atoms with van der Waals surface area (Å²) in [5, 5.41) is 2.85. The summed E-state index contributed by atoms with van der Waals surface area (Å²) in [6.07, 6.45) is 4.37. The molecule has 0 bridgehead atoms. The van der Waals surface area contributed by atoms with Gasteiger partial charge in [0.05, 0.1) is 11.1 Å². The molecule has 124 valence electrons. The van der Waals surface area contributed by atoms with Crippen molar-refractivity contribution in [3.05, 3.63) is 35.4 Å². The third-order valence-corrected chi connectivity index (χ3v) is 4.31. The Labute approximate surface area is 137 Å². The van der Waals surface area contributed by atoms with Crippen molar-refractivity contribution in [3.8, 4) is 0 Å². The average Bonchev–Trinajstić information content (AvgIpc) is 2.80. The number of carbonyl (C=O) groups excluding carboxylic acids is 3. The van der Waals surface area contributed by atoms with Crippen LogP contribution in [-0.4, -0.2) is 35.7 Å². The second-order valence-corrected chi connectivity index (χ2v) is 5.96. The van der Waals surface area contributed by atoms with E-state index < -0.39 is 11.8 Å². The summed E-state index contributed by atoms with van der Waals surface area (Å²) in [4.78, 5) is 37.5. The topological polar surface area (TPSA) is 66.5 Å². The fraction of sp³-hybridized carbons (Fsp3) is 0.500. The molecule has 1 aromatic rings. The van der Waals surface area contributed by atoms with Crippen LogP contribution >= 0.6 is 0 Å². The van der Waals surface area contributed by atoms with Gasteiger partial charge in [-0.1, -0.05) is 45.2 Å². The molecule has 1 heterocycles. The summed E-state index contributed by atoms with van der Waals surface area (Å²) in [7, 11) is 0. The monoisotopic (exact) mass is 316 g/mol. The summed E-state index contributed by atoms with van der Waals surface area (Å²) in [6.45, 7) is 4.64. The standard InChI is InChI=1S/C18H24N2O3/c1-3-5-8-13(4-2)11-19-16(21)12-20-17(22)14-9-6-7-10-15(14)18(20)23/h6-7,9-10,13H,3-5,8,11-12H2,1-2H3,(H,19,21)/t13-/m0/s1. The molecule has 1 atom stereocenters. The molecule has 2 rings (SSSR count). The van der Waals surface area contributed by atoms with Crippen molar-refractivity contribution >= 4 is 17.7 Å². The van der Waals surface area contributed by atoms with Crippen LogP contribution in [0, 0.1) is 5.92 Å². The molecule has 0 spiro atoms. The maximum absolute atomic E-state index is 12.2. The number of hydrogen-bond acceptors (Lipinski definition) is 3. The van der Waals surface area contributed by atoms with Crippen LogP contribution in [0.15, 0.2) is 24.3 Å². The van der Waals surface area contributed by atoms with Crippen molar-refractivity contribution in [2.75, 3.05) is 13.1 Å². The number of imide groups is 1. The van der Waals surface area contributed by atoms with E-state index >= 15 is 0 Å². The predicted molar refractivity (Wildman–Crippen MR) is 88.1 cm³/mol. The molecule has 0 saturated carbocycles. The van der Waals surface area contributed by atoms with Gasteiger partial charge in [-0.3, -0.25) is 19.3 Å². The second kappa shape index (κ2) is 7.90. The van der Waals surface area contributed by atoms with E-state index in [0.29, 0.717) is 23.6 Å². The molecule has 1 aliphatic rings. The Balaban J connectivity index is 1.89. The molecule has 0 unspecified atom stereocenters. The Morgan fingerprint density at radius 1 is 1.13 bits per heavy atom. The first-order chi connectivity index (χ1) is 11.1. The van der Waals surface area contributed by atoms with E-state index in [4.69, 9.17) is 0 Å². The SMILES string of the molecule is CCCC[C@H](CC)CNC(=O)CN1C(=O)c2ccccc2C1=O. The van der Waals surface area contributed by atoms with Crippen LogP contribution in [0.5, 0.6) is 0 Å². The Hall–Kier alpha value is -2.17. The van der Waals surface area contributed by atoms with E-state index in [-0.39, 0.29) is 12.5 Å². The molecule has 0 aromatic heterocycles. The minimum absolute atomic E-state index is 0.212. The third kappa shape index (κ3) is 3.97. The normalized spacial score (nSPS) is 14.8. The zero-order valence-electron chi connectivity index (χ0n) is 13.8. The van der Waals surface area contributed by atoms with E-state index in [9.17, 15) is 14.4 Å². The number of amides is 3. The zero-order valence-corrected chi connectivity index (χ0v) is 13.8. The Morgan fingerprint density at radius 2 is 1.74 bits per heavy atom. The van der Waals surface area contributed by atoms with Crippen LogP contribution < -0.4 is 5.32 Å². The maximum Gasteiger partial charge on any atom is 0.262 e. The molecule has 23 heavy (non-hydrogen) atoms. The summed E-state index contributed by atoms with van der Waals surface area (Å²) in [5.41, 5.74) is 0.749. The molecule has 0 saturated heterocycles. The quantitative estimate of drug-likeness (QED) is 0.750. The average molecular weight is 316 g/mol. The molecule has 1 aromatic carbocycles. The number of rotatable bonds is 8. The largest absolute Gasteiger partial charge is 0.354 e. The van der Waals surface area contributed by atoms with Crippen LogP contribution in [-0.2, 0) is 4.79 Å². The van der Waals surface area contributed by atoms with Gasteiger partial charge in [-0.2, -0.15) is 0 Å². The van der Waals surface area contributed by atoms with Gasteiger partial charge in [0, 0.05) is 6.54 Å². The van der Waals surface area contributed by atoms with E-state index in [0.717, 1.165) is 30.6 Å². The molecule has 5 nitrogen and oxygen atoms in total. The molecule has 0 radical (unpaired) electrons. The lowest BCUT2D eigenvalue weighted by molar-refractivity contribution is -0.121. The van der Waals surface area contributed by atoms with Crippen LogP contribution in [0.3, 0.4) is 0 Å². The van der Waals surface area contributed by atoms with Gasteiger partial charge in [0.25, 0.3) is 11.8 Å². The van der Waals surface area contributed by atoms with E-state index in [1.807, 2.05) is 0 Å². The predicted octanol–water partition coefficient (Wildman–Crippen LogP) is 2.62. The zero-order chi connectivity index (χ0) is 16.8. The van der Waals surface area contributed by atoms with Crippen LogP contribution in [0.4, 0.5) is 0 Å². The maximum atomic E-state index is 12.2. The number of unbranched alkanes of at least 4 members (excludes halogenated alkanes) is 1. The van der Waals surface area contributed by atoms with Gasteiger partial charge in [-0.05, 0) is 24.5 Å². The molecular weight excluding hydrogens is 292 g/mol. The van der Waals surface area contributed by atoms with Crippen molar-refractivity contribution in [2.24, 2.45) is 5.92 Å². The highest BCUT2D eigenvalue weighted by molar-refractivity contribution is 6.22. The van der Waals surface area contributed by atoms with Crippen LogP contribution in [0.1, 0.15) is 60.2 Å². The second-order valence-electron chi connectivity index (χ2n) is 5.96. The first-order valence-electron chi connectivity index (χ1n) is 8.30. The number of fused-ring (bicyclic) bond motifs is 1. The van der Waals surface area contributed by atoms with E-state index in [1.54, 1.807) is 24.3 Å². The van der Waals surface area contributed by atoms with Gasteiger partial charge in [0.2, 0.25) is 5.91 Å². The lowest BCUT2D eigenvalue weighted by Crippen LogP contribution is -2.41. The van der Waals surface area contributed by atoms with E-state index in [1.165, 1.54) is 0 Å². The number of hydrogen-bond donors (Lipinski definition) is 1. The molecule has 1 aliphatic heterocycles. The molecule has 0 fully saturated rings. The number of nitrogens with one attached hydrogen (secondary N) is 1. The van der Waals surface area contributed by atoms with E-state index in [2.05, 4.69) is 19.2 Å². The fourth-order valence-electron chi connectivity index (χ4n) is 2.78. The van der Waals surface area contributed by atoms with Gasteiger partial charge < -0.3 is 5.32 Å². The number of benzene rings is 1. The van der Waals surface area contributed by atoms with Crippen LogP contribution in [0.2, 0.25) is 0 Å². The molecule has 0 aliphatic carbocycles. The molecular formula is C18H24N2O3. The summed E-state index contributed by atoms with van der Waals surface area (Å²) >= 11 is 0. The van der Waals surface area contributed by atoms with Gasteiger partial charge >= 0.3 is 0 Å². The van der Waals surface area contributed by atoms with Crippen molar-refractivity contribution < 1.29 is 14.4 Å². The van der Waals surface area contributed by atoms with Gasteiger partial charge in [0.15, 0.2) is 0 Å². The van der Waals surface area contributed by atoms with Crippen molar-refractivity contribution in [1.29, 1.82) is 0 Å². The molecule has 5 heteroatoms. The highest BCUT2D eigenvalue weighted by Gasteiger charge is 2.36. The van der Waals surface area contributed by atoms with Crippen molar-refractivity contribution in [2.45, 2.75) is 39.5 Å². The summed E-state index contributed by atoms with van der Waals surface area (Å²) in [6, 6.07) is 6.66.